The van der Waals surface area contributed by atoms with Gasteiger partial charge in [0, 0.05) is 10.0 Å². The third-order valence-electron chi connectivity index (χ3n) is 4.16. The molecule has 1 heterocycles. The van der Waals surface area contributed by atoms with E-state index in [1.54, 1.807) is 19.1 Å². The summed E-state index contributed by atoms with van der Waals surface area (Å²) in [4.78, 5) is 12.3. The van der Waals surface area contributed by atoms with Gasteiger partial charge >= 0.3 is 12.3 Å². The van der Waals surface area contributed by atoms with Gasteiger partial charge in [-0.05, 0) is 55.8 Å². The van der Waals surface area contributed by atoms with Gasteiger partial charge in [0.05, 0.1) is 5.56 Å². The van der Waals surface area contributed by atoms with E-state index < -0.39 is 23.9 Å². The van der Waals surface area contributed by atoms with Gasteiger partial charge in [0.25, 0.3) is 0 Å². The molecular formula is C20H16BrF3N2O3. The second-order valence-electron chi connectivity index (χ2n) is 6.27. The highest BCUT2D eigenvalue weighted by molar-refractivity contribution is 9.10. The molecule has 0 fully saturated rings. The van der Waals surface area contributed by atoms with Gasteiger partial charge in [0.2, 0.25) is 0 Å². The summed E-state index contributed by atoms with van der Waals surface area (Å²) in [5.74, 6) is 0.346. The number of nitrogens with zero attached hydrogens (tertiary/aromatic N) is 1. The number of rotatable bonds is 4. The van der Waals surface area contributed by atoms with Crippen LogP contribution in [0.5, 0.6) is 0 Å². The van der Waals surface area contributed by atoms with Crippen molar-refractivity contribution in [3.05, 3.63) is 69.8 Å². The summed E-state index contributed by atoms with van der Waals surface area (Å²) < 4.78 is 50.1. The van der Waals surface area contributed by atoms with Crippen LogP contribution < -0.4 is 5.32 Å². The van der Waals surface area contributed by atoms with Gasteiger partial charge < -0.3 is 9.26 Å². The van der Waals surface area contributed by atoms with Crippen LogP contribution in [0.25, 0.3) is 11.3 Å². The van der Waals surface area contributed by atoms with E-state index in [4.69, 9.17) is 9.26 Å². The van der Waals surface area contributed by atoms with Crippen LogP contribution in [0, 0.1) is 6.92 Å². The SMILES string of the molecule is Cc1noc(-c2ccc(Br)cc2)c1NC(=O)OC(C)c1cccc(C(F)(F)F)c1. The quantitative estimate of drug-likeness (QED) is 0.460. The molecule has 1 aromatic heterocycles. The first kappa shape index (κ1) is 20.9. The van der Waals surface area contributed by atoms with Crippen molar-refractivity contribution in [1.82, 2.24) is 5.16 Å². The lowest BCUT2D eigenvalue weighted by molar-refractivity contribution is -0.137. The fraction of sp³-hybridized carbons (Fsp3) is 0.200. The number of hydrogen-bond acceptors (Lipinski definition) is 4. The Kier molecular flexibility index (Phi) is 5.97. The number of halogens is 4. The molecule has 0 radical (unpaired) electrons. The summed E-state index contributed by atoms with van der Waals surface area (Å²) in [6, 6.07) is 11.8. The molecule has 1 unspecified atom stereocenters. The van der Waals surface area contributed by atoms with Crippen molar-refractivity contribution >= 4 is 27.7 Å². The van der Waals surface area contributed by atoms with E-state index in [1.807, 2.05) is 12.1 Å². The lowest BCUT2D eigenvalue weighted by atomic mass is 10.1. The number of alkyl halides is 3. The number of anilines is 1. The molecule has 0 aliphatic rings. The predicted octanol–water partition coefficient (Wildman–Crippen LogP) is 6.74. The highest BCUT2D eigenvalue weighted by atomic mass is 79.9. The van der Waals surface area contributed by atoms with Gasteiger partial charge in [-0.25, -0.2) is 4.79 Å². The Hall–Kier alpha value is -2.81. The molecule has 29 heavy (non-hydrogen) atoms. The number of benzene rings is 2. The molecule has 0 aliphatic heterocycles. The minimum atomic E-state index is -4.48. The van der Waals surface area contributed by atoms with E-state index >= 15 is 0 Å². The van der Waals surface area contributed by atoms with Crippen molar-refractivity contribution in [2.45, 2.75) is 26.1 Å². The molecule has 0 bridgehead atoms. The highest BCUT2D eigenvalue weighted by Crippen LogP contribution is 2.33. The first-order chi connectivity index (χ1) is 13.6. The Morgan fingerprint density at radius 2 is 1.90 bits per heavy atom. The van der Waals surface area contributed by atoms with Crippen molar-refractivity contribution in [3.63, 3.8) is 0 Å². The van der Waals surface area contributed by atoms with Gasteiger partial charge in [-0.1, -0.05) is 33.2 Å². The van der Waals surface area contributed by atoms with Crippen molar-refractivity contribution in [2.75, 3.05) is 5.32 Å². The number of nitrogens with one attached hydrogen (secondary N) is 1. The number of ether oxygens (including phenoxy) is 1. The number of aromatic nitrogens is 1. The van der Waals surface area contributed by atoms with Crippen LogP contribution in [-0.2, 0) is 10.9 Å². The summed E-state index contributed by atoms with van der Waals surface area (Å²) in [5, 5.41) is 6.43. The number of amides is 1. The molecule has 2 aromatic carbocycles. The Labute approximate surface area is 173 Å². The molecule has 0 saturated carbocycles. The Morgan fingerprint density at radius 1 is 1.21 bits per heavy atom. The van der Waals surface area contributed by atoms with Crippen LogP contribution in [-0.4, -0.2) is 11.2 Å². The lowest BCUT2D eigenvalue weighted by Crippen LogP contribution is -2.17. The molecule has 0 spiro atoms. The lowest BCUT2D eigenvalue weighted by Gasteiger charge is -2.16. The maximum Gasteiger partial charge on any atom is 0.416 e. The van der Waals surface area contributed by atoms with E-state index in [0.717, 1.165) is 16.6 Å². The zero-order chi connectivity index (χ0) is 21.2. The van der Waals surface area contributed by atoms with E-state index in [0.29, 0.717) is 22.7 Å². The Bertz CT molecular complexity index is 1020. The summed E-state index contributed by atoms with van der Waals surface area (Å²) >= 11 is 3.34. The Morgan fingerprint density at radius 3 is 2.55 bits per heavy atom. The summed E-state index contributed by atoms with van der Waals surface area (Å²) in [7, 11) is 0. The Balaban J connectivity index is 1.75. The normalized spacial score (nSPS) is 12.5. The van der Waals surface area contributed by atoms with Crippen LogP contribution >= 0.6 is 15.9 Å². The van der Waals surface area contributed by atoms with Crippen LogP contribution in [0.3, 0.4) is 0 Å². The van der Waals surface area contributed by atoms with E-state index in [1.165, 1.54) is 19.1 Å². The van der Waals surface area contributed by atoms with Crippen molar-refractivity contribution in [1.29, 1.82) is 0 Å². The zero-order valence-corrected chi connectivity index (χ0v) is 17.0. The molecule has 0 saturated heterocycles. The third kappa shape index (κ3) is 4.97. The topological polar surface area (TPSA) is 64.4 Å². The third-order valence-corrected chi connectivity index (χ3v) is 4.69. The van der Waals surface area contributed by atoms with Gasteiger partial charge in [0.1, 0.15) is 17.5 Å². The maximum atomic E-state index is 12.9. The first-order valence-electron chi connectivity index (χ1n) is 8.52. The molecule has 3 aromatic rings. The largest absolute Gasteiger partial charge is 0.441 e. The average Bonchev–Trinajstić information content (AvgIpc) is 3.02. The smallest absolute Gasteiger partial charge is 0.416 e. The van der Waals surface area contributed by atoms with Gasteiger partial charge in [-0.3, -0.25) is 5.32 Å². The van der Waals surface area contributed by atoms with Crippen LogP contribution in [0.15, 0.2) is 57.5 Å². The fourth-order valence-corrected chi connectivity index (χ4v) is 2.91. The number of carbonyl (C=O) groups is 1. The molecule has 152 valence electrons. The second-order valence-corrected chi connectivity index (χ2v) is 7.19. The summed E-state index contributed by atoms with van der Waals surface area (Å²) in [5.41, 5.74) is 0.874. The van der Waals surface area contributed by atoms with Crippen LogP contribution in [0.4, 0.5) is 23.7 Å². The summed E-state index contributed by atoms with van der Waals surface area (Å²) in [6.07, 6.45) is -6.20. The molecule has 1 atom stereocenters. The molecular weight excluding hydrogens is 453 g/mol. The van der Waals surface area contributed by atoms with E-state index in [2.05, 4.69) is 26.4 Å². The van der Waals surface area contributed by atoms with Gasteiger partial charge in [-0.2, -0.15) is 13.2 Å². The minimum Gasteiger partial charge on any atom is -0.441 e. The van der Waals surface area contributed by atoms with E-state index in [-0.39, 0.29) is 5.56 Å². The predicted molar refractivity (Wildman–Crippen MR) is 104 cm³/mol. The zero-order valence-electron chi connectivity index (χ0n) is 15.4. The molecule has 1 amide bonds. The molecule has 1 N–H and O–H groups in total. The molecule has 3 rings (SSSR count). The van der Waals surface area contributed by atoms with Gasteiger partial charge in [-0.15, -0.1) is 0 Å². The first-order valence-corrected chi connectivity index (χ1v) is 9.31. The molecule has 9 heteroatoms. The van der Waals surface area contributed by atoms with Crippen LogP contribution in [0.2, 0.25) is 0 Å². The maximum absolute atomic E-state index is 12.9. The van der Waals surface area contributed by atoms with E-state index in [9.17, 15) is 18.0 Å². The molecule has 5 nitrogen and oxygen atoms in total. The number of carbonyl (C=O) groups excluding carboxylic acids is 1. The van der Waals surface area contributed by atoms with Crippen LogP contribution in [0.1, 0.15) is 29.8 Å². The van der Waals surface area contributed by atoms with Crippen molar-refractivity contribution in [3.8, 4) is 11.3 Å². The monoisotopic (exact) mass is 468 g/mol. The molecule has 0 aliphatic carbocycles. The number of hydrogen-bond donors (Lipinski definition) is 1. The van der Waals surface area contributed by atoms with Crippen molar-refractivity contribution in [2.24, 2.45) is 0 Å². The summed E-state index contributed by atoms with van der Waals surface area (Å²) in [6.45, 7) is 3.14. The van der Waals surface area contributed by atoms with Crippen molar-refractivity contribution < 1.29 is 27.2 Å². The number of aryl methyl sites for hydroxylation is 1. The minimum absolute atomic E-state index is 0.227. The second kappa shape index (κ2) is 8.28. The highest BCUT2D eigenvalue weighted by Gasteiger charge is 2.31. The fourth-order valence-electron chi connectivity index (χ4n) is 2.64. The van der Waals surface area contributed by atoms with Gasteiger partial charge in [0.15, 0.2) is 5.76 Å². The standard InChI is InChI=1S/C20H16BrF3N2O3/c1-11-17(18(29-26-11)13-6-8-16(21)9-7-13)25-19(27)28-12(2)14-4-3-5-15(10-14)20(22,23)24/h3-10,12H,1-2H3,(H,25,27). The average molecular weight is 469 g/mol.